The lowest BCUT2D eigenvalue weighted by atomic mass is 10.2. The van der Waals surface area contributed by atoms with Gasteiger partial charge in [0.05, 0.1) is 11.7 Å². The smallest absolute Gasteiger partial charge is 0.346 e. The number of carbonyl (C=O) groups excluding carboxylic acids is 1. The van der Waals surface area contributed by atoms with Crippen molar-refractivity contribution in [1.29, 1.82) is 0 Å². The molecule has 5 nitrogen and oxygen atoms in total. The molecular weight excluding hydrogens is 317 g/mol. The number of likely N-dealkylation sites (tertiary alicyclic amines) is 1. The van der Waals surface area contributed by atoms with Crippen molar-refractivity contribution in [3.8, 4) is 0 Å². The summed E-state index contributed by atoms with van der Waals surface area (Å²) in [6.07, 6.45) is 0.772. The average molecular weight is 332 g/mol. The standard InChI is InChI=1S/C13H15F3N4OS/c14-13(15,16)8-17-11(21)10-2-1-3-19(10)6-9-7-20-4-5-22-12(20)18-9/h4-5,7,10H,1-3,6,8H2,(H,17,21). The minimum absolute atomic E-state index is 0.471. The van der Waals surface area contributed by atoms with Crippen LogP contribution in [0.3, 0.4) is 0 Å². The molecule has 22 heavy (non-hydrogen) atoms. The summed E-state index contributed by atoms with van der Waals surface area (Å²) in [4.78, 5) is 19.1. The van der Waals surface area contributed by atoms with Crippen molar-refractivity contribution < 1.29 is 18.0 Å². The van der Waals surface area contributed by atoms with Gasteiger partial charge in [0, 0.05) is 24.3 Å². The average Bonchev–Trinajstić information content (AvgIpc) is 3.10. The Balaban J connectivity index is 1.62. The van der Waals surface area contributed by atoms with E-state index in [1.165, 1.54) is 11.3 Å². The van der Waals surface area contributed by atoms with E-state index in [-0.39, 0.29) is 0 Å². The molecule has 1 aliphatic rings. The number of thiazole rings is 1. The van der Waals surface area contributed by atoms with Gasteiger partial charge in [-0.1, -0.05) is 0 Å². The molecule has 1 N–H and O–H groups in total. The van der Waals surface area contributed by atoms with E-state index in [0.29, 0.717) is 19.5 Å². The highest BCUT2D eigenvalue weighted by atomic mass is 32.1. The number of amides is 1. The predicted octanol–water partition coefficient (Wildman–Crippen LogP) is 2.04. The molecule has 0 radical (unpaired) electrons. The maximum absolute atomic E-state index is 12.2. The van der Waals surface area contributed by atoms with Crippen molar-refractivity contribution in [2.24, 2.45) is 0 Å². The molecule has 1 fully saturated rings. The quantitative estimate of drug-likeness (QED) is 0.932. The number of imidazole rings is 1. The Hall–Kier alpha value is -1.61. The van der Waals surface area contributed by atoms with Crippen LogP contribution in [0.5, 0.6) is 0 Å². The third kappa shape index (κ3) is 3.41. The van der Waals surface area contributed by atoms with Gasteiger partial charge in [0.2, 0.25) is 5.91 Å². The van der Waals surface area contributed by atoms with Gasteiger partial charge in [0.15, 0.2) is 4.96 Å². The zero-order valence-corrected chi connectivity index (χ0v) is 12.5. The molecule has 1 amide bonds. The molecule has 1 saturated heterocycles. The van der Waals surface area contributed by atoms with E-state index < -0.39 is 24.7 Å². The Labute approximate surface area is 128 Å². The van der Waals surface area contributed by atoms with Gasteiger partial charge in [0.25, 0.3) is 0 Å². The number of hydrogen-bond acceptors (Lipinski definition) is 4. The number of nitrogens with one attached hydrogen (secondary N) is 1. The van der Waals surface area contributed by atoms with Crippen LogP contribution in [-0.2, 0) is 11.3 Å². The summed E-state index contributed by atoms with van der Waals surface area (Å²) in [5, 5.41) is 3.90. The lowest BCUT2D eigenvalue weighted by Gasteiger charge is -2.23. The van der Waals surface area contributed by atoms with Gasteiger partial charge in [-0.3, -0.25) is 14.1 Å². The van der Waals surface area contributed by atoms with Gasteiger partial charge in [-0.05, 0) is 19.4 Å². The molecule has 3 heterocycles. The van der Waals surface area contributed by atoms with Crippen LogP contribution in [0, 0.1) is 0 Å². The van der Waals surface area contributed by atoms with Crippen molar-refractivity contribution in [2.45, 2.75) is 31.6 Å². The van der Waals surface area contributed by atoms with E-state index in [1.807, 2.05) is 32.4 Å². The molecule has 0 aliphatic carbocycles. The monoisotopic (exact) mass is 332 g/mol. The van der Waals surface area contributed by atoms with Crippen molar-refractivity contribution in [3.63, 3.8) is 0 Å². The fraction of sp³-hybridized carbons (Fsp3) is 0.538. The lowest BCUT2D eigenvalue weighted by molar-refractivity contribution is -0.141. The number of carbonyl (C=O) groups is 1. The van der Waals surface area contributed by atoms with Gasteiger partial charge >= 0.3 is 6.18 Å². The third-order valence-corrected chi connectivity index (χ3v) is 4.41. The third-order valence-electron chi connectivity index (χ3n) is 3.64. The van der Waals surface area contributed by atoms with Gasteiger partial charge < -0.3 is 5.32 Å². The number of fused-ring (bicyclic) bond motifs is 1. The van der Waals surface area contributed by atoms with E-state index >= 15 is 0 Å². The first-order chi connectivity index (χ1) is 10.4. The second kappa shape index (κ2) is 5.88. The summed E-state index contributed by atoms with van der Waals surface area (Å²) in [7, 11) is 0. The number of rotatable bonds is 4. The number of hydrogen-bond donors (Lipinski definition) is 1. The molecule has 3 rings (SSSR count). The van der Waals surface area contributed by atoms with Crippen LogP contribution in [0.1, 0.15) is 18.5 Å². The van der Waals surface area contributed by atoms with Gasteiger partial charge in [0.1, 0.15) is 6.54 Å². The maximum Gasteiger partial charge on any atom is 0.405 e. The molecule has 2 aromatic rings. The van der Waals surface area contributed by atoms with Crippen molar-refractivity contribution in [1.82, 2.24) is 19.6 Å². The minimum atomic E-state index is -4.38. The Bertz CT molecular complexity index is 637. The summed E-state index contributed by atoms with van der Waals surface area (Å²) < 4.78 is 38.5. The first kappa shape index (κ1) is 15.3. The second-order valence-corrected chi connectivity index (χ2v) is 6.16. The summed E-state index contributed by atoms with van der Waals surface area (Å²) in [6.45, 7) is -0.121. The molecule has 2 aromatic heterocycles. The zero-order valence-electron chi connectivity index (χ0n) is 11.6. The van der Waals surface area contributed by atoms with Crippen LogP contribution in [0.25, 0.3) is 4.96 Å². The number of nitrogens with zero attached hydrogens (tertiary/aromatic N) is 3. The van der Waals surface area contributed by atoms with Crippen LogP contribution >= 0.6 is 11.3 Å². The number of aromatic nitrogens is 2. The Morgan fingerprint density at radius 3 is 3.05 bits per heavy atom. The molecule has 0 bridgehead atoms. The van der Waals surface area contributed by atoms with E-state index in [2.05, 4.69) is 4.98 Å². The molecule has 0 saturated carbocycles. The number of halogens is 3. The predicted molar refractivity (Wildman–Crippen MR) is 75.6 cm³/mol. The highest BCUT2D eigenvalue weighted by Gasteiger charge is 2.34. The highest BCUT2D eigenvalue weighted by Crippen LogP contribution is 2.21. The Kier molecular flexibility index (Phi) is 4.09. The molecule has 1 atom stereocenters. The molecule has 1 aliphatic heterocycles. The molecular formula is C13H15F3N4OS. The molecule has 1 unspecified atom stereocenters. The largest absolute Gasteiger partial charge is 0.405 e. The van der Waals surface area contributed by atoms with Crippen LogP contribution in [-0.4, -0.2) is 45.5 Å². The van der Waals surface area contributed by atoms with Crippen LogP contribution < -0.4 is 5.32 Å². The number of alkyl halides is 3. The Morgan fingerprint density at radius 1 is 1.50 bits per heavy atom. The topological polar surface area (TPSA) is 49.6 Å². The lowest BCUT2D eigenvalue weighted by Crippen LogP contribution is -2.45. The van der Waals surface area contributed by atoms with Gasteiger partial charge in [-0.2, -0.15) is 13.2 Å². The van der Waals surface area contributed by atoms with Crippen LogP contribution in [0.4, 0.5) is 13.2 Å². The molecule has 0 spiro atoms. The first-order valence-electron chi connectivity index (χ1n) is 6.92. The molecule has 0 aromatic carbocycles. The normalized spacial score (nSPS) is 19.9. The van der Waals surface area contributed by atoms with Crippen LogP contribution in [0.2, 0.25) is 0 Å². The molecule has 120 valence electrons. The summed E-state index contributed by atoms with van der Waals surface area (Å²) in [6, 6.07) is -0.512. The minimum Gasteiger partial charge on any atom is -0.346 e. The SMILES string of the molecule is O=C(NCC(F)(F)F)C1CCCN1Cc1cn2ccsc2n1. The van der Waals surface area contributed by atoms with Gasteiger partial charge in [-0.15, -0.1) is 11.3 Å². The Morgan fingerprint density at radius 2 is 2.32 bits per heavy atom. The van der Waals surface area contributed by atoms with E-state index in [1.54, 1.807) is 0 Å². The van der Waals surface area contributed by atoms with Gasteiger partial charge in [-0.25, -0.2) is 4.98 Å². The second-order valence-electron chi connectivity index (χ2n) is 5.29. The van der Waals surface area contributed by atoms with E-state index in [0.717, 1.165) is 17.1 Å². The maximum atomic E-state index is 12.2. The van der Waals surface area contributed by atoms with Crippen molar-refractivity contribution in [3.05, 3.63) is 23.5 Å². The summed E-state index contributed by atoms with van der Waals surface area (Å²) in [5.74, 6) is -0.559. The van der Waals surface area contributed by atoms with Crippen molar-refractivity contribution in [2.75, 3.05) is 13.1 Å². The van der Waals surface area contributed by atoms with Crippen molar-refractivity contribution >= 4 is 22.2 Å². The fourth-order valence-electron chi connectivity index (χ4n) is 2.68. The van der Waals surface area contributed by atoms with E-state index in [4.69, 9.17) is 0 Å². The fourth-order valence-corrected chi connectivity index (χ4v) is 3.40. The van der Waals surface area contributed by atoms with Crippen LogP contribution in [0.15, 0.2) is 17.8 Å². The summed E-state index contributed by atoms with van der Waals surface area (Å²) >= 11 is 1.51. The summed E-state index contributed by atoms with van der Waals surface area (Å²) in [5.41, 5.74) is 0.822. The highest BCUT2D eigenvalue weighted by molar-refractivity contribution is 7.15. The zero-order chi connectivity index (χ0) is 15.7. The first-order valence-corrected chi connectivity index (χ1v) is 7.80. The van der Waals surface area contributed by atoms with E-state index in [9.17, 15) is 18.0 Å². The molecule has 9 heteroatoms.